The van der Waals surface area contributed by atoms with Crippen LogP contribution in [0, 0.1) is 0 Å². The number of nitrogens with zero attached hydrogens (tertiary/aromatic N) is 1. The van der Waals surface area contributed by atoms with Crippen molar-refractivity contribution in [2.45, 2.75) is 19.1 Å². The highest BCUT2D eigenvalue weighted by atomic mass is 32.1. The van der Waals surface area contributed by atoms with E-state index in [9.17, 15) is 0 Å². The Bertz CT molecular complexity index is 542. The zero-order valence-electron chi connectivity index (χ0n) is 11.2. The van der Waals surface area contributed by atoms with Gasteiger partial charge in [-0.2, -0.15) is 0 Å². The van der Waals surface area contributed by atoms with Crippen LogP contribution in [-0.4, -0.2) is 37.2 Å². The second-order valence-corrected chi connectivity index (χ2v) is 5.82. The number of hydrogen-bond acceptors (Lipinski definition) is 4. The summed E-state index contributed by atoms with van der Waals surface area (Å²) in [6.45, 7) is 5.59. The predicted octanol–water partition coefficient (Wildman–Crippen LogP) is 2.62. The molecule has 1 aromatic heterocycles. The summed E-state index contributed by atoms with van der Waals surface area (Å²) in [5.74, 6) is 0. The minimum Gasteiger partial charge on any atom is -0.374 e. The minimum atomic E-state index is 0.103. The van der Waals surface area contributed by atoms with E-state index in [4.69, 9.17) is 10.5 Å². The third-order valence-electron chi connectivity index (χ3n) is 3.92. The van der Waals surface area contributed by atoms with Gasteiger partial charge in [0.15, 0.2) is 0 Å². The fraction of sp³-hybridized carbons (Fsp3) is 0.467. The molecule has 1 aliphatic rings. The van der Waals surface area contributed by atoms with Gasteiger partial charge in [0, 0.05) is 17.8 Å². The van der Waals surface area contributed by atoms with Crippen molar-refractivity contribution >= 4 is 21.4 Å². The lowest BCUT2D eigenvalue weighted by atomic mass is 9.97. The highest BCUT2D eigenvalue weighted by Gasteiger charge is 2.33. The van der Waals surface area contributed by atoms with Crippen LogP contribution in [0.5, 0.6) is 0 Å². The van der Waals surface area contributed by atoms with Crippen molar-refractivity contribution in [3.05, 3.63) is 35.2 Å². The van der Waals surface area contributed by atoms with Crippen molar-refractivity contribution in [1.29, 1.82) is 0 Å². The van der Waals surface area contributed by atoms with E-state index in [2.05, 4.69) is 41.5 Å². The van der Waals surface area contributed by atoms with Crippen LogP contribution in [0.1, 0.15) is 18.5 Å². The normalized spacial score (nSPS) is 24.9. The largest absolute Gasteiger partial charge is 0.374 e. The zero-order chi connectivity index (χ0) is 13.2. The molecule has 0 amide bonds. The SMILES string of the molecule is CCN1CCOC(CN)C1c1csc2ccccc12. The molecule has 0 bridgehead atoms. The van der Waals surface area contributed by atoms with Gasteiger partial charge in [0.2, 0.25) is 0 Å². The maximum Gasteiger partial charge on any atom is 0.0894 e. The molecule has 2 unspecified atom stereocenters. The van der Waals surface area contributed by atoms with Gasteiger partial charge >= 0.3 is 0 Å². The average molecular weight is 276 g/mol. The topological polar surface area (TPSA) is 38.5 Å². The fourth-order valence-electron chi connectivity index (χ4n) is 2.96. The summed E-state index contributed by atoms with van der Waals surface area (Å²) in [6.07, 6.45) is 0.103. The van der Waals surface area contributed by atoms with Crippen molar-refractivity contribution in [2.24, 2.45) is 5.73 Å². The Morgan fingerprint density at radius 1 is 1.42 bits per heavy atom. The van der Waals surface area contributed by atoms with E-state index in [-0.39, 0.29) is 6.10 Å². The average Bonchev–Trinajstić information content (AvgIpc) is 2.90. The molecule has 2 N–H and O–H groups in total. The lowest BCUT2D eigenvalue weighted by molar-refractivity contribution is -0.0652. The van der Waals surface area contributed by atoms with Crippen LogP contribution < -0.4 is 5.73 Å². The van der Waals surface area contributed by atoms with Gasteiger partial charge in [-0.15, -0.1) is 11.3 Å². The number of thiophene rings is 1. The van der Waals surface area contributed by atoms with Gasteiger partial charge in [0.25, 0.3) is 0 Å². The van der Waals surface area contributed by atoms with E-state index in [0.29, 0.717) is 12.6 Å². The third-order valence-corrected chi connectivity index (χ3v) is 4.91. The van der Waals surface area contributed by atoms with E-state index >= 15 is 0 Å². The van der Waals surface area contributed by atoms with Crippen molar-refractivity contribution in [1.82, 2.24) is 4.90 Å². The third kappa shape index (κ3) is 2.30. The summed E-state index contributed by atoms with van der Waals surface area (Å²) in [5.41, 5.74) is 7.29. The van der Waals surface area contributed by atoms with Crippen LogP contribution >= 0.6 is 11.3 Å². The molecular weight excluding hydrogens is 256 g/mol. The van der Waals surface area contributed by atoms with Gasteiger partial charge in [0.1, 0.15) is 0 Å². The monoisotopic (exact) mass is 276 g/mol. The molecule has 102 valence electrons. The maximum atomic E-state index is 5.91. The Labute approximate surface area is 118 Å². The first kappa shape index (κ1) is 13.1. The van der Waals surface area contributed by atoms with E-state index < -0.39 is 0 Å². The summed E-state index contributed by atoms with van der Waals surface area (Å²) in [6, 6.07) is 8.88. The molecule has 3 rings (SSSR count). The number of rotatable bonds is 3. The summed E-state index contributed by atoms with van der Waals surface area (Å²) in [5, 5.41) is 3.62. The second-order valence-electron chi connectivity index (χ2n) is 4.91. The quantitative estimate of drug-likeness (QED) is 0.936. The number of fused-ring (bicyclic) bond motifs is 1. The van der Waals surface area contributed by atoms with Crippen LogP contribution in [0.2, 0.25) is 0 Å². The zero-order valence-corrected chi connectivity index (χ0v) is 12.0. The Hall–Kier alpha value is -0.940. The molecule has 1 saturated heterocycles. The number of hydrogen-bond donors (Lipinski definition) is 1. The van der Waals surface area contributed by atoms with E-state index in [1.807, 2.05) is 11.3 Å². The molecule has 1 fully saturated rings. The standard InChI is InChI=1S/C15H20N2OS/c1-2-17-7-8-18-13(9-16)15(17)12-10-19-14-6-4-3-5-11(12)14/h3-6,10,13,15H,2,7-9,16H2,1H3. The molecule has 0 aliphatic carbocycles. The first-order valence-corrected chi connectivity index (χ1v) is 7.75. The Balaban J connectivity index is 2.05. The summed E-state index contributed by atoms with van der Waals surface area (Å²) in [7, 11) is 0. The van der Waals surface area contributed by atoms with Gasteiger partial charge in [-0.25, -0.2) is 0 Å². The Kier molecular flexibility index (Phi) is 3.84. The molecule has 0 radical (unpaired) electrons. The van der Waals surface area contributed by atoms with Gasteiger partial charge in [-0.05, 0) is 28.9 Å². The highest BCUT2D eigenvalue weighted by molar-refractivity contribution is 7.17. The van der Waals surface area contributed by atoms with Crippen LogP contribution in [0.3, 0.4) is 0 Å². The summed E-state index contributed by atoms with van der Waals surface area (Å²) >= 11 is 1.81. The molecule has 2 atom stereocenters. The van der Waals surface area contributed by atoms with Crippen molar-refractivity contribution in [2.75, 3.05) is 26.2 Å². The predicted molar refractivity (Wildman–Crippen MR) is 80.6 cm³/mol. The lowest BCUT2D eigenvalue weighted by Gasteiger charge is -2.40. The molecule has 0 spiro atoms. The van der Waals surface area contributed by atoms with Crippen LogP contribution in [0.25, 0.3) is 10.1 Å². The first-order chi connectivity index (χ1) is 9.35. The van der Waals surface area contributed by atoms with E-state index in [0.717, 1.165) is 19.7 Å². The molecule has 2 heterocycles. The van der Waals surface area contributed by atoms with Gasteiger partial charge in [0.05, 0.1) is 18.8 Å². The Morgan fingerprint density at radius 2 is 2.26 bits per heavy atom. The fourth-order valence-corrected chi connectivity index (χ4v) is 3.95. The lowest BCUT2D eigenvalue weighted by Crippen LogP contribution is -2.48. The minimum absolute atomic E-state index is 0.103. The maximum absolute atomic E-state index is 5.91. The highest BCUT2D eigenvalue weighted by Crippen LogP contribution is 2.37. The van der Waals surface area contributed by atoms with Crippen molar-refractivity contribution in [3.63, 3.8) is 0 Å². The van der Waals surface area contributed by atoms with Crippen molar-refractivity contribution in [3.8, 4) is 0 Å². The number of nitrogens with two attached hydrogens (primary N) is 1. The molecule has 4 heteroatoms. The Morgan fingerprint density at radius 3 is 3.05 bits per heavy atom. The van der Waals surface area contributed by atoms with E-state index in [1.165, 1.54) is 15.6 Å². The molecule has 1 aromatic carbocycles. The second kappa shape index (κ2) is 5.59. The summed E-state index contributed by atoms with van der Waals surface area (Å²) < 4.78 is 7.22. The number of benzene rings is 1. The summed E-state index contributed by atoms with van der Waals surface area (Å²) in [4.78, 5) is 2.48. The van der Waals surface area contributed by atoms with Gasteiger partial charge in [-0.3, -0.25) is 4.90 Å². The van der Waals surface area contributed by atoms with Gasteiger partial charge < -0.3 is 10.5 Å². The van der Waals surface area contributed by atoms with E-state index in [1.54, 1.807) is 0 Å². The molecule has 1 aliphatic heterocycles. The van der Waals surface area contributed by atoms with Crippen LogP contribution in [-0.2, 0) is 4.74 Å². The smallest absolute Gasteiger partial charge is 0.0894 e. The molecule has 19 heavy (non-hydrogen) atoms. The molecule has 0 saturated carbocycles. The van der Waals surface area contributed by atoms with Crippen LogP contribution in [0.4, 0.5) is 0 Å². The molecule has 3 nitrogen and oxygen atoms in total. The first-order valence-electron chi connectivity index (χ1n) is 6.87. The number of likely N-dealkylation sites (N-methyl/N-ethyl adjacent to an activating group) is 1. The number of morpholine rings is 1. The molecule has 2 aromatic rings. The van der Waals surface area contributed by atoms with Crippen LogP contribution in [0.15, 0.2) is 29.6 Å². The number of ether oxygens (including phenoxy) is 1. The molecular formula is C15H20N2OS. The van der Waals surface area contributed by atoms with Crippen molar-refractivity contribution < 1.29 is 4.74 Å². The van der Waals surface area contributed by atoms with Gasteiger partial charge in [-0.1, -0.05) is 25.1 Å².